The second kappa shape index (κ2) is 8.98. The quantitative estimate of drug-likeness (QED) is 0.258. The predicted octanol–water partition coefficient (Wildman–Crippen LogP) is 9.92. The third-order valence-electron chi connectivity index (χ3n) is 6.34. The molecule has 5 rings (SSSR count). The zero-order valence-electron chi connectivity index (χ0n) is 20.0. The average molecular weight is 519 g/mol. The highest BCUT2D eigenvalue weighted by molar-refractivity contribution is 7.13. The minimum Gasteiger partial charge on any atom is -0.507 e. The van der Waals surface area contributed by atoms with Gasteiger partial charge in [-0.3, -0.25) is 0 Å². The second-order valence-electron chi connectivity index (χ2n) is 9.78. The Labute approximate surface area is 219 Å². The van der Waals surface area contributed by atoms with Crippen LogP contribution < -0.4 is 0 Å². The molecule has 0 aliphatic heterocycles. The van der Waals surface area contributed by atoms with Crippen molar-refractivity contribution in [1.82, 2.24) is 4.98 Å². The summed E-state index contributed by atoms with van der Waals surface area (Å²) in [5, 5.41) is 17.7. The number of hydrogen-bond acceptors (Lipinski definition) is 3. The van der Waals surface area contributed by atoms with E-state index in [-0.39, 0.29) is 11.2 Å². The van der Waals surface area contributed by atoms with Gasteiger partial charge < -0.3 is 5.11 Å². The molecular weight excluding hydrogens is 493 g/mol. The number of aromatic hydroxyl groups is 1. The Hall–Kier alpha value is -2.85. The summed E-state index contributed by atoms with van der Waals surface area (Å²) in [7, 11) is 0. The highest BCUT2D eigenvalue weighted by Crippen LogP contribution is 2.46. The number of phenols is 1. The molecule has 1 heterocycles. The molecule has 0 saturated heterocycles. The van der Waals surface area contributed by atoms with E-state index in [0.717, 1.165) is 38.0 Å². The fourth-order valence-electron chi connectivity index (χ4n) is 4.41. The Morgan fingerprint density at radius 2 is 1.51 bits per heavy atom. The van der Waals surface area contributed by atoms with E-state index in [1.54, 1.807) is 12.1 Å². The second-order valence-corrected chi connectivity index (χ2v) is 11.5. The van der Waals surface area contributed by atoms with E-state index in [1.165, 1.54) is 11.3 Å². The third-order valence-corrected chi connectivity index (χ3v) is 7.84. The van der Waals surface area contributed by atoms with Gasteiger partial charge in [-0.25, -0.2) is 4.98 Å². The molecule has 0 atom stereocenters. The van der Waals surface area contributed by atoms with Crippen molar-refractivity contribution in [2.45, 2.75) is 33.1 Å². The predicted molar refractivity (Wildman–Crippen MR) is 151 cm³/mol. The molecule has 0 unspecified atom stereocenters. The Morgan fingerprint density at radius 1 is 0.829 bits per heavy atom. The maximum atomic E-state index is 11.7. The van der Waals surface area contributed by atoms with E-state index in [1.807, 2.05) is 23.6 Å². The summed E-state index contributed by atoms with van der Waals surface area (Å²) >= 11 is 14.4. The van der Waals surface area contributed by atoms with Crippen molar-refractivity contribution in [1.29, 1.82) is 0 Å². The van der Waals surface area contributed by atoms with Crippen LogP contribution in [-0.2, 0) is 5.41 Å². The summed E-state index contributed by atoms with van der Waals surface area (Å²) in [6.07, 6.45) is 0. The molecule has 1 N–H and O–H groups in total. The van der Waals surface area contributed by atoms with Crippen LogP contribution >= 0.6 is 34.5 Å². The molecule has 176 valence electrons. The van der Waals surface area contributed by atoms with E-state index in [9.17, 15) is 5.11 Å². The standard InChI is InChI=1S/C30H25Cl2NOS/c1-17-12-13-18-8-5-6-9-20(18)26(17)21-14-19(30(2,3)4)15-22(28(21)34)29-33-25(16-35-29)27-23(31)10-7-11-24(27)32/h5-16,34H,1-4H3. The van der Waals surface area contributed by atoms with Gasteiger partial charge in [0.15, 0.2) is 0 Å². The molecule has 0 aliphatic rings. The number of fused-ring (bicyclic) bond motifs is 1. The Bertz CT molecular complexity index is 1560. The first-order chi connectivity index (χ1) is 16.6. The number of halogens is 2. The first-order valence-electron chi connectivity index (χ1n) is 11.4. The van der Waals surface area contributed by atoms with Gasteiger partial charge >= 0.3 is 0 Å². The molecule has 0 bridgehead atoms. The van der Waals surface area contributed by atoms with Crippen LogP contribution in [0, 0.1) is 6.92 Å². The number of thiazole rings is 1. The number of nitrogens with zero attached hydrogens (tertiary/aromatic N) is 1. The number of aryl methyl sites for hydroxylation is 1. The lowest BCUT2D eigenvalue weighted by Gasteiger charge is -2.23. The van der Waals surface area contributed by atoms with Gasteiger partial charge in [0.05, 0.1) is 21.3 Å². The van der Waals surface area contributed by atoms with Crippen LogP contribution in [0.15, 0.2) is 72.1 Å². The van der Waals surface area contributed by atoms with Gasteiger partial charge in [0, 0.05) is 16.5 Å². The molecule has 0 spiro atoms. The monoisotopic (exact) mass is 517 g/mol. The summed E-state index contributed by atoms with van der Waals surface area (Å²) in [6, 6.07) is 22.1. The molecule has 5 aromatic rings. The molecule has 35 heavy (non-hydrogen) atoms. The highest BCUT2D eigenvalue weighted by Gasteiger charge is 2.24. The van der Waals surface area contributed by atoms with E-state index < -0.39 is 0 Å². The summed E-state index contributed by atoms with van der Waals surface area (Å²) in [5.74, 6) is 0.226. The molecule has 0 aliphatic carbocycles. The minimum atomic E-state index is -0.123. The van der Waals surface area contributed by atoms with Crippen molar-refractivity contribution in [3.05, 3.63) is 93.3 Å². The van der Waals surface area contributed by atoms with Crippen molar-refractivity contribution < 1.29 is 5.11 Å². The Kier molecular flexibility index (Phi) is 6.13. The third kappa shape index (κ3) is 4.33. The van der Waals surface area contributed by atoms with Crippen molar-refractivity contribution in [2.24, 2.45) is 0 Å². The Balaban J connectivity index is 1.77. The lowest BCUT2D eigenvalue weighted by molar-refractivity contribution is 0.478. The lowest BCUT2D eigenvalue weighted by Crippen LogP contribution is -2.11. The van der Waals surface area contributed by atoms with Crippen molar-refractivity contribution >= 4 is 45.3 Å². The number of phenolic OH excluding ortho intramolecular Hbond substituents is 1. The van der Waals surface area contributed by atoms with Gasteiger partial charge in [0.25, 0.3) is 0 Å². The smallest absolute Gasteiger partial charge is 0.133 e. The van der Waals surface area contributed by atoms with E-state index in [2.05, 4.69) is 64.1 Å². The van der Waals surface area contributed by atoms with Gasteiger partial charge in [0.1, 0.15) is 10.8 Å². The first kappa shape index (κ1) is 23.9. The fraction of sp³-hybridized carbons (Fsp3) is 0.167. The number of benzene rings is 4. The molecule has 0 radical (unpaired) electrons. The molecule has 4 aromatic carbocycles. The van der Waals surface area contributed by atoms with Gasteiger partial charge in [-0.05, 0) is 64.1 Å². The largest absolute Gasteiger partial charge is 0.507 e. The van der Waals surface area contributed by atoms with Crippen LogP contribution in [0.25, 0.3) is 43.7 Å². The maximum Gasteiger partial charge on any atom is 0.133 e. The summed E-state index contributed by atoms with van der Waals surface area (Å²) < 4.78 is 0. The van der Waals surface area contributed by atoms with E-state index >= 15 is 0 Å². The van der Waals surface area contributed by atoms with Crippen LogP contribution in [0.5, 0.6) is 5.75 Å². The van der Waals surface area contributed by atoms with Crippen molar-refractivity contribution in [3.8, 4) is 38.7 Å². The molecule has 5 heteroatoms. The summed E-state index contributed by atoms with van der Waals surface area (Å²) in [5.41, 5.74) is 6.08. The zero-order chi connectivity index (χ0) is 24.9. The van der Waals surface area contributed by atoms with E-state index in [4.69, 9.17) is 28.2 Å². The van der Waals surface area contributed by atoms with E-state index in [0.29, 0.717) is 26.9 Å². The van der Waals surface area contributed by atoms with Crippen LogP contribution in [0.1, 0.15) is 31.9 Å². The topological polar surface area (TPSA) is 33.1 Å². The van der Waals surface area contributed by atoms with Crippen LogP contribution in [0.4, 0.5) is 0 Å². The van der Waals surface area contributed by atoms with Crippen molar-refractivity contribution in [3.63, 3.8) is 0 Å². The molecule has 0 saturated carbocycles. The lowest BCUT2D eigenvalue weighted by atomic mass is 9.82. The normalized spacial score (nSPS) is 11.8. The minimum absolute atomic E-state index is 0.123. The van der Waals surface area contributed by atoms with Crippen LogP contribution in [0.2, 0.25) is 10.0 Å². The molecule has 0 amide bonds. The maximum absolute atomic E-state index is 11.7. The fourth-order valence-corrected chi connectivity index (χ4v) is 5.83. The highest BCUT2D eigenvalue weighted by atomic mass is 35.5. The van der Waals surface area contributed by atoms with Gasteiger partial charge in [0.2, 0.25) is 0 Å². The number of aromatic nitrogens is 1. The SMILES string of the molecule is Cc1ccc2ccccc2c1-c1cc(C(C)(C)C)cc(-c2nc(-c3c(Cl)cccc3Cl)cs2)c1O. The first-order valence-corrected chi connectivity index (χ1v) is 13.0. The number of rotatable bonds is 3. The van der Waals surface area contributed by atoms with Gasteiger partial charge in [-0.2, -0.15) is 0 Å². The van der Waals surface area contributed by atoms with Gasteiger partial charge in [-0.15, -0.1) is 11.3 Å². The summed E-state index contributed by atoms with van der Waals surface area (Å²) in [6.45, 7) is 8.63. The molecule has 2 nitrogen and oxygen atoms in total. The van der Waals surface area contributed by atoms with Crippen LogP contribution in [0.3, 0.4) is 0 Å². The average Bonchev–Trinajstić information content (AvgIpc) is 3.28. The number of hydrogen-bond donors (Lipinski definition) is 1. The van der Waals surface area contributed by atoms with Gasteiger partial charge in [-0.1, -0.05) is 86.4 Å². The zero-order valence-corrected chi connectivity index (χ0v) is 22.3. The molecule has 0 fully saturated rings. The molecule has 1 aromatic heterocycles. The Morgan fingerprint density at radius 3 is 2.23 bits per heavy atom. The van der Waals surface area contributed by atoms with Crippen LogP contribution in [-0.4, -0.2) is 10.1 Å². The van der Waals surface area contributed by atoms with Crippen molar-refractivity contribution in [2.75, 3.05) is 0 Å². The molecular formula is C30H25Cl2NOS. The summed E-state index contributed by atoms with van der Waals surface area (Å²) in [4.78, 5) is 4.87.